The van der Waals surface area contributed by atoms with Crippen LogP contribution >= 0.6 is 0 Å². The minimum Gasteiger partial charge on any atom is -0.493 e. The number of nitro benzene ring substituents is 1. The molecule has 0 aromatic heterocycles. The summed E-state index contributed by atoms with van der Waals surface area (Å²) in [6.45, 7) is 2.04. The van der Waals surface area contributed by atoms with Gasteiger partial charge in [-0.1, -0.05) is 42.5 Å². The number of carbonyl (C=O) groups is 1. The van der Waals surface area contributed by atoms with E-state index < -0.39 is 16.6 Å². The van der Waals surface area contributed by atoms with Gasteiger partial charge in [0.2, 0.25) is 0 Å². The Morgan fingerprint density at radius 2 is 1.62 bits per heavy atom. The average molecular weight is 393 g/mol. The molecule has 3 rings (SSSR count). The molecule has 0 saturated heterocycles. The SMILES string of the molecule is CCOc1cc([N+](=O)[O-])c(C(=O)Oc2ccc(-c3ccccc3)cc2)cc1OC. The molecule has 0 atom stereocenters. The molecule has 0 spiro atoms. The van der Waals surface area contributed by atoms with Crippen LogP contribution in [0, 0.1) is 10.1 Å². The molecule has 29 heavy (non-hydrogen) atoms. The van der Waals surface area contributed by atoms with E-state index in [0.29, 0.717) is 6.61 Å². The summed E-state index contributed by atoms with van der Waals surface area (Å²) in [5.41, 5.74) is 1.35. The van der Waals surface area contributed by atoms with E-state index in [1.807, 2.05) is 42.5 Å². The van der Waals surface area contributed by atoms with Crippen molar-refractivity contribution in [2.24, 2.45) is 0 Å². The zero-order valence-corrected chi connectivity index (χ0v) is 16.0. The summed E-state index contributed by atoms with van der Waals surface area (Å²) in [5, 5.41) is 11.4. The van der Waals surface area contributed by atoms with Crippen LogP contribution in [0.25, 0.3) is 11.1 Å². The van der Waals surface area contributed by atoms with Crippen LogP contribution in [0.3, 0.4) is 0 Å². The third-order valence-corrected chi connectivity index (χ3v) is 4.17. The highest BCUT2D eigenvalue weighted by Crippen LogP contribution is 2.35. The monoisotopic (exact) mass is 393 g/mol. The largest absolute Gasteiger partial charge is 0.493 e. The number of hydrogen-bond donors (Lipinski definition) is 0. The quantitative estimate of drug-likeness (QED) is 0.246. The van der Waals surface area contributed by atoms with E-state index in [2.05, 4.69) is 0 Å². The van der Waals surface area contributed by atoms with E-state index in [1.165, 1.54) is 13.2 Å². The normalized spacial score (nSPS) is 10.3. The molecule has 148 valence electrons. The molecular formula is C22H19NO6. The topological polar surface area (TPSA) is 87.9 Å². The van der Waals surface area contributed by atoms with Crippen LogP contribution in [0.15, 0.2) is 66.7 Å². The van der Waals surface area contributed by atoms with Crippen LogP contribution < -0.4 is 14.2 Å². The van der Waals surface area contributed by atoms with Gasteiger partial charge in [-0.2, -0.15) is 0 Å². The van der Waals surface area contributed by atoms with E-state index >= 15 is 0 Å². The second-order valence-corrected chi connectivity index (χ2v) is 5.99. The molecule has 0 amide bonds. The minimum absolute atomic E-state index is 0.186. The molecule has 3 aromatic carbocycles. The van der Waals surface area contributed by atoms with Gasteiger partial charge in [0.15, 0.2) is 11.5 Å². The Labute approximate surface area is 167 Å². The van der Waals surface area contributed by atoms with Crippen LogP contribution in [0.5, 0.6) is 17.2 Å². The molecule has 3 aromatic rings. The van der Waals surface area contributed by atoms with Crippen LogP contribution in [0.4, 0.5) is 5.69 Å². The summed E-state index contributed by atoms with van der Waals surface area (Å²) in [6.07, 6.45) is 0. The van der Waals surface area contributed by atoms with Crippen molar-refractivity contribution in [1.82, 2.24) is 0 Å². The number of rotatable bonds is 7. The first-order chi connectivity index (χ1) is 14.0. The molecule has 0 N–H and O–H groups in total. The van der Waals surface area contributed by atoms with Crippen LogP contribution in [-0.4, -0.2) is 24.6 Å². The number of hydrogen-bond acceptors (Lipinski definition) is 6. The Kier molecular flexibility index (Phi) is 6.09. The van der Waals surface area contributed by atoms with Crippen molar-refractivity contribution in [3.05, 3.63) is 82.4 Å². The number of esters is 1. The van der Waals surface area contributed by atoms with Gasteiger partial charge in [-0.15, -0.1) is 0 Å². The smallest absolute Gasteiger partial charge is 0.350 e. The van der Waals surface area contributed by atoms with Gasteiger partial charge in [0.05, 0.1) is 24.7 Å². The van der Waals surface area contributed by atoms with Crippen molar-refractivity contribution in [2.45, 2.75) is 6.92 Å². The molecule has 0 saturated carbocycles. The summed E-state index contributed by atoms with van der Waals surface area (Å²) in [5.74, 6) is -0.184. The van der Waals surface area contributed by atoms with Gasteiger partial charge in [-0.3, -0.25) is 10.1 Å². The van der Waals surface area contributed by atoms with Gasteiger partial charge in [0.1, 0.15) is 11.3 Å². The maximum absolute atomic E-state index is 12.6. The fourth-order valence-corrected chi connectivity index (χ4v) is 2.80. The maximum Gasteiger partial charge on any atom is 0.350 e. The lowest BCUT2D eigenvalue weighted by Gasteiger charge is -2.11. The zero-order chi connectivity index (χ0) is 20.8. The van der Waals surface area contributed by atoms with Crippen molar-refractivity contribution < 1.29 is 23.9 Å². The number of methoxy groups -OCH3 is 1. The number of carbonyl (C=O) groups excluding carboxylic acids is 1. The molecule has 0 aliphatic carbocycles. The predicted octanol–water partition coefficient (Wildman–Crippen LogP) is 4.89. The highest BCUT2D eigenvalue weighted by Gasteiger charge is 2.26. The Morgan fingerprint density at radius 1 is 0.966 bits per heavy atom. The van der Waals surface area contributed by atoms with Gasteiger partial charge >= 0.3 is 5.97 Å². The summed E-state index contributed by atoms with van der Waals surface area (Å²) in [4.78, 5) is 23.4. The Bertz CT molecular complexity index is 1020. The third-order valence-electron chi connectivity index (χ3n) is 4.17. The fourth-order valence-electron chi connectivity index (χ4n) is 2.80. The van der Waals surface area contributed by atoms with Crippen LogP contribution in [0.2, 0.25) is 0 Å². The third kappa shape index (κ3) is 4.52. The first-order valence-corrected chi connectivity index (χ1v) is 8.90. The van der Waals surface area contributed by atoms with Crippen molar-refractivity contribution in [1.29, 1.82) is 0 Å². The van der Waals surface area contributed by atoms with E-state index in [4.69, 9.17) is 14.2 Å². The average Bonchev–Trinajstić information content (AvgIpc) is 2.74. The molecular weight excluding hydrogens is 374 g/mol. The minimum atomic E-state index is -0.856. The Morgan fingerprint density at radius 3 is 2.21 bits per heavy atom. The first kappa shape index (κ1) is 19.9. The van der Waals surface area contributed by atoms with E-state index in [-0.39, 0.29) is 22.8 Å². The van der Waals surface area contributed by atoms with E-state index in [0.717, 1.165) is 17.2 Å². The maximum atomic E-state index is 12.6. The van der Waals surface area contributed by atoms with Gasteiger partial charge in [-0.05, 0) is 30.2 Å². The number of nitro groups is 1. The lowest BCUT2D eigenvalue weighted by Crippen LogP contribution is -2.12. The van der Waals surface area contributed by atoms with E-state index in [9.17, 15) is 14.9 Å². The molecule has 0 unspecified atom stereocenters. The molecule has 0 fully saturated rings. The molecule has 0 radical (unpaired) electrons. The Balaban J connectivity index is 1.87. The zero-order valence-electron chi connectivity index (χ0n) is 16.0. The predicted molar refractivity (Wildman–Crippen MR) is 108 cm³/mol. The fraction of sp³-hybridized carbons (Fsp3) is 0.136. The molecule has 7 heteroatoms. The second kappa shape index (κ2) is 8.88. The lowest BCUT2D eigenvalue weighted by atomic mass is 10.1. The van der Waals surface area contributed by atoms with E-state index in [1.54, 1.807) is 19.1 Å². The highest BCUT2D eigenvalue weighted by atomic mass is 16.6. The first-order valence-electron chi connectivity index (χ1n) is 8.90. The molecule has 0 aliphatic rings. The second-order valence-electron chi connectivity index (χ2n) is 5.99. The summed E-state index contributed by atoms with van der Waals surface area (Å²) in [6, 6.07) is 19.0. The standard InChI is InChI=1S/C22H19NO6/c1-3-28-21-14-19(23(25)26)18(13-20(21)27-2)22(24)29-17-11-9-16(10-12-17)15-7-5-4-6-8-15/h4-14H,3H2,1-2H3. The van der Waals surface area contributed by atoms with Crippen molar-refractivity contribution in [3.63, 3.8) is 0 Å². The highest BCUT2D eigenvalue weighted by molar-refractivity contribution is 5.96. The summed E-state index contributed by atoms with van der Waals surface area (Å²) in [7, 11) is 1.39. The van der Waals surface area contributed by atoms with Crippen LogP contribution in [-0.2, 0) is 0 Å². The number of benzene rings is 3. The molecule has 0 heterocycles. The van der Waals surface area contributed by atoms with Crippen molar-refractivity contribution in [3.8, 4) is 28.4 Å². The molecule has 0 bridgehead atoms. The summed E-state index contributed by atoms with van der Waals surface area (Å²) >= 11 is 0. The number of nitrogens with zero attached hydrogens (tertiary/aromatic N) is 1. The molecule has 0 aliphatic heterocycles. The van der Waals surface area contributed by atoms with Gasteiger partial charge < -0.3 is 14.2 Å². The number of ether oxygens (including phenoxy) is 3. The summed E-state index contributed by atoms with van der Waals surface area (Å²) < 4.78 is 15.9. The van der Waals surface area contributed by atoms with Gasteiger partial charge in [0.25, 0.3) is 5.69 Å². The van der Waals surface area contributed by atoms with Crippen molar-refractivity contribution >= 4 is 11.7 Å². The van der Waals surface area contributed by atoms with Gasteiger partial charge in [-0.25, -0.2) is 4.79 Å². The van der Waals surface area contributed by atoms with Crippen molar-refractivity contribution in [2.75, 3.05) is 13.7 Å². The lowest BCUT2D eigenvalue weighted by molar-refractivity contribution is -0.385. The van der Waals surface area contributed by atoms with Gasteiger partial charge in [0, 0.05) is 6.07 Å². The molecule has 7 nitrogen and oxygen atoms in total. The Hall–Kier alpha value is -3.87. The van der Waals surface area contributed by atoms with Crippen LogP contribution in [0.1, 0.15) is 17.3 Å².